The van der Waals surface area contributed by atoms with Gasteiger partial charge < -0.3 is 18.8 Å². The van der Waals surface area contributed by atoms with E-state index in [4.69, 9.17) is 9.15 Å². The Morgan fingerprint density at radius 1 is 1.31 bits per heavy atom. The molecule has 0 fully saturated rings. The Labute approximate surface area is 156 Å². The number of rotatable bonds is 10. The van der Waals surface area contributed by atoms with E-state index in [1.165, 1.54) is 13.4 Å². The highest BCUT2D eigenvalue weighted by molar-refractivity contribution is 5.86. The fourth-order valence-electron chi connectivity index (χ4n) is 2.98. The molecule has 0 radical (unpaired) electrons. The molecule has 0 N–H and O–H groups in total. The highest BCUT2D eigenvalue weighted by Crippen LogP contribution is 2.26. The number of carbonyl (C=O) groups is 2. The van der Waals surface area contributed by atoms with Crippen LogP contribution in [-0.2, 0) is 20.8 Å². The van der Waals surface area contributed by atoms with Crippen LogP contribution in [0.1, 0.15) is 63.3 Å². The van der Waals surface area contributed by atoms with Gasteiger partial charge in [0.25, 0.3) is 0 Å². The van der Waals surface area contributed by atoms with Crippen molar-refractivity contribution in [2.24, 2.45) is 11.3 Å². The van der Waals surface area contributed by atoms with Gasteiger partial charge in [-0.25, -0.2) is 9.78 Å². The number of oxazole rings is 1. The average Bonchev–Trinajstić information content (AvgIpc) is 3.00. The molecule has 0 aromatic carbocycles. The normalized spacial score (nSPS) is 12.7. The van der Waals surface area contributed by atoms with Crippen molar-refractivity contribution in [2.75, 3.05) is 27.4 Å². The van der Waals surface area contributed by atoms with Crippen molar-refractivity contribution in [3.05, 3.63) is 17.8 Å². The van der Waals surface area contributed by atoms with Gasteiger partial charge in [0, 0.05) is 26.7 Å². The van der Waals surface area contributed by atoms with Gasteiger partial charge in [-0.3, -0.25) is 4.79 Å². The number of ether oxygens (including phenoxy) is 2. The zero-order chi connectivity index (χ0) is 19.7. The second-order valence-electron chi connectivity index (χ2n) is 7.85. The van der Waals surface area contributed by atoms with Gasteiger partial charge in [-0.15, -0.1) is 0 Å². The average molecular weight is 368 g/mol. The molecule has 1 amide bonds. The van der Waals surface area contributed by atoms with E-state index < -0.39 is 5.97 Å². The Hall–Kier alpha value is -1.89. The van der Waals surface area contributed by atoms with Crippen LogP contribution < -0.4 is 0 Å². The summed E-state index contributed by atoms with van der Waals surface area (Å²) < 4.78 is 15.0. The summed E-state index contributed by atoms with van der Waals surface area (Å²) in [4.78, 5) is 30.1. The maximum Gasteiger partial charge on any atom is 0.360 e. The first kappa shape index (κ1) is 22.2. The minimum absolute atomic E-state index is 0.0515. The van der Waals surface area contributed by atoms with E-state index in [1.54, 1.807) is 12.0 Å². The minimum Gasteiger partial charge on any atom is -0.464 e. The Balaban J connectivity index is 2.75. The molecular formula is C19H32N2O5. The number of esters is 1. The van der Waals surface area contributed by atoms with Crippen LogP contribution in [0.25, 0.3) is 0 Å². The van der Waals surface area contributed by atoms with E-state index in [1.807, 2.05) is 0 Å². The molecule has 148 valence electrons. The van der Waals surface area contributed by atoms with E-state index in [2.05, 4.69) is 37.4 Å². The molecule has 1 atom stereocenters. The van der Waals surface area contributed by atoms with Crippen LogP contribution >= 0.6 is 0 Å². The zero-order valence-corrected chi connectivity index (χ0v) is 16.8. The van der Waals surface area contributed by atoms with Gasteiger partial charge in [-0.2, -0.15) is 0 Å². The fraction of sp³-hybridized carbons (Fsp3) is 0.737. The highest BCUT2D eigenvalue weighted by Gasteiger charge is 2.23. The monoisotopic (exact) mass is 368 g/mol. The van der Waals surface area contributed by atoms with Gasteiger partial charge in [-0.05, 0) is 24.2 Å². The van der Waals surface area contributed by atoms with Gasteiger partial charge in [0.2, 0.25) is 11.8 Å². The lowest BCUT2D eigenvalue weighted by molar-refractivity contribution is -0.133. The summed E-state index contributed by atoms with van der Waals surface area (Å²) in [6, 6.07) is 0. The lowest BCUT2D eigenvalue weighted by Gasteiger charge is -2.26. The van der Waals surface area contributed by atoms with E-state index >= 15 is 0 Å². The molecule has 1 aromatic rings. The third kappa shape index (κ3) is 7.99. The smallest absolute Gasteiger partial charge is 0.360 e. The van der Waals surface area contributed by atoms with Crippen molar-refractivity contribution in [1.29, 1.82) is 0 Å². The number of nitrogens with zero attached hydrogens (tertiary/aromatic N) is 2. The molecule has 1 unspecified atom stereocenters. The summed E-state index contributed by atoms with van der Waals surface area (Å²) in [5.74, 6) is 0.0917. The van der Waals surface area contributed by atoms with Crippen molar-refractivity contribution in [3.63, 3.8) is 0 Å². The maximum atomic E-state index is 12.8. The van der Waals surface area contributed by atoms with Crippen LogP contribution in [0.15, 0.2) is 10.7 Å². The predicted octanol–water partition coefficient (Wildman–Crippen LogP) is 3.29. The van der Waals surface area contributed by atoms with Gasteiger partial charge in [-0.1, -0.05) is 27.7 Å². The topological polar surface area (TPSA) is 81.9 Å². The first-order valence-corrected chi connectivity index (χ1v) is 8.95. The van der Waals surface area contributed by atoms with E-state index in [0.717, 1.165) is 12.8 Å². The van der Waals surface area contributed by atoms with Crippen LogP contribution in [0.3, 0.4) is 0 Å². The molecule has 0 aliphatic carbocycles. The zero-order valence-electron chi connectivity index (χ0n) is 16.8. The number of amides is 1. The summed E-state index contributed by atoms with van der Waals surface area (Å²) in [6.07, 6.45) is 3.41. The van der Waals surface area contributed by atoms with Gasteiger partial charge in [0.05, 0.1) is 13.7 Å². The summed E-state index contributed by atoms with van der Waals surface area (Å²) >= 11 is 0. The van der Waals surface area contributed by atoms with Gasteiger partial charge in [0.15, 0.2) is 5.69 Å². The summed E-state index contributed by atoms with van der Waals surface area (Å²) in [5.41, 5.74) is 0.284. The van der Waals surface area contributed by atoms with Gasteiger partial charge >= 0.3 is 5.97 Å². The molecule has 26 heavy (non-hydrogen) atoms. The standard InChI is InChI=1S/C19H32N2O5/c1-14(11-19(2,3)4)10-17(22)21(8-7-9-24-5)12-16-20-15(13-26-16)18(23)25-6/h13-14H,7-12H2,1-6H3. The lowest BCUT2D eigenvalue weighted by Crippen LogP contribution is -2.33. The number of hydrogen-bond acceptors (Lipinski definition) is 6. The number of carbonyl (C=O) groups excluding carboxylic acids is 2. The summed E-state index contributed by atoms with van der Waals surface area (Å²) in [6.45, 7) is 9.95. The van der Waals surface area contributed by atoms with Crippen LogP contribution in [0.4, 0.5) is 0 Å². The molecule has 7 nitrogen and oxygen atoms in total. The minimum atomic E-state index is -0.559. The van der Waals surface area contributed by atoms with Crippen LogP contribution in [0.5, 0.6) is 0 Å². The Morgan fingerprint density at radius 2 is 2.00 bits per heavy atom. The fourth-order valence-corrected chi connectivity index (χ4v) is 2.98. The maximum absolute atomic E-state index is 12.8. The first-order chi connectivity index (χ1) is 12.2. The van der Waals surface area contributed by atoms with Crippen LogP contribution in [0, 0.1) is 11.3 Å². The predicted molar refractivity (Wildman–Crippen MR) is 97.6 cm³/mol. The molecule has 0 aliphatic heterocycles. The SMILES string of the molecule is COCCCN(Cc1nc(C(=O)OC)co1)C(=O)CC(C)CC(C)(C)C. The van der Waals surface area contributed by atoms with E-state index in [9.17, 15) is 9.59 Å². The largest absolute Gasteiger partial charge is 0.464 e. The van der Waals surface area contributed by atoms with Gasteiger partial charge in [0.1, 0.15) is 6.26 Å². The quantitative estimate of drug-likeness (QED) is 0.466. The van der Waals surface area contributed by atoms with Crippen molar-refractivity contribution < 1.29 is 23.5 Å². The first-order valence-electron chi connectivity index (χ1n) is 8.95. The third-order valence-electron chi connectivity index (χ3n) is 3.89. The van der Waals surface area contributed by atoms with Crippen LogP contribution in [0.2, 0.25) is 0 Å². The molecule has 0 spiro atoms. The van der Waals surface area contributed by atoms with Crippen LogP contribution in [-0.4, -0.2) is 49.1 Å². The molecule has 0 bridgehead atoms. The van der Waals surface area contributed by atoms with Crippen molar-refractivity contribution in [1.82, 2.24) is 9.88 Å². The Kier molecular flexibility index (Phi) is 8.78. The molecule has 1 rings (SSSR count). The number of hydrogen-bond donors (Lipinski definition) is 0. The summed E-state index contributed by atoms with van der Waals surface area (Å²) in [7, 11) is 2.92. The highest BCUT2D eigenvalue weighted by atomic mass is 16.5. The van der Waals surface area contributed by atoms with Crippen molar-refractivity contribution >= 4 is 11.9 Å². The van der Waals surface area contributed by atoms with Crippen molar-refractivity contribution in [3.8, 4) is 0 Å². The molecule has 0 saturated heterocycles. The molecule has 1 aromatic heterocycles. The van der Waals surface area contributed by atoms with Crippen molar-refractivity contribution in [2.45, 2.75) is 53.5 Å². The molecule has 7 heteroatoms. The molecule has 0 saturated carbocycles. The summed E-state index contributed by atoms with van der Waals surface area (Å²) in [5, 5.41) is 0. The molecular weight excluding hydrogens is 336 g/mol. The molecule has 0 aliphatic rings. The second-order valence-corrected chi connectivity index (χ2v) is 7.85. The number of methoxy groups -OCH3 is 2. The lowest BCUT2D eigenvalue weighted by atomic mass is 9.84. The van der Waals surface area contributed by atoms with E-state index in [0.29, 0.717) is 25.5 Å². The molecule has 1 heterocycles. The Morgan fingerprint density at radius 3 is 2.58 bits per heavy atom. The third-order valence-corrected chi connectivity index (χ3v) is 3.89. The van der Waals surface area contributed by atoms with E-state index in [-0.39, 0.29) is 29.5 Å². The Bertz CT molecular complexity index is 577. The number of aromatic nitrogens is 1. The second kappa shape index (κ2) is 10.3.